The Morgan fingerprint density at radius 3 is 2.44 bits per heavy atom. The van der Waals surface area contributed by atoms with Crippen molar-refractivity contribution >= 4 is 16.9 Å². The van der Waals surface area contributed by atoms with E-state index in [1.807, 2.05) is 50.2 Å². The zero-order valence-electron chi connectivity index (χ0n) is 15.5. The molecule has 2 N–H and O–H groups in total. The molecule has 0 aliphatic carbocycles. The third-order valence-corrected chi connectivity index (χ3v) is 4.43. The number of amides is 1. The Kier molecular flexibility index (Phi) is 4.38. The van der Waals surface area contributed by atoms with Gasteiger partial charge >= 0.3 is 0 Å². The molecule has 0 fully saturated rings. The minimum Gasteiger partial charge on any atom is -0.342 e. The Morgan fingerprint density at radius 1 is 1.12 bits per heavy atom. The fraction of sp³-hybridized carbons (Fsp3) is 0.333. The van der Waals surface area contributed by atoms with Gasteiger partial charge in [0.25, 0.3) is 5.91 Å². The fourth-order valence-corrected chi connectivity index (χ4v) is 2.82. The van der Waals surface area contributed by atoms with Crippen LogP contribution in [0.4, 0.5) is 0 Å². The van der Waals surface area contributed by atoms with E-state index in [2.05, 4.69) is 42.1 Å². The number of fused-ring (bicyclic) bond motifs is 1. The van der Waals surface area contributed by atoms with Crippen LogP contribution in [0.15, 0.2) is 42.5 Å². The van der Waals surface area contributed by atoms with Gasteiger partial charge < -0.3 is 10.3 Å². The smallest absolute Gasteiger partial charge is 0.251 e. The first-order valence-corrected chi connectivity index (χ1v) is 8.62. The highest BCUT2D eigenvalue weighted by Crippen LogP contribution is 2.22. The van der Waals surface area contributed by atoms with Gasteiger partial charge in [0.05, 0.1) is 17.1 Å². The number of aromatic amines is 1. The van der Waals surface area contributed by atoms with Crippen molar-refractivity contribution < 1.29 is 4.79 Å². The molecule has 130 valence electrons. The van der Waals surface area contributed by atoms with Crippen LogP contribution in [0.25, 0.3) is 11.0 Å². The van der Waals surface area contributed by atoms with Gasteiger partial charge in [-0.15, -0.1) is 0 Å². The van der Waals surface area contributed by atoms with Crippen LogP contribution < -0.4 is 5.32 Å². The summed E-state index contributed by atoms with van der Waals surface area (Å²) in [6.45, 7) is 10.5. The first-order chi connectivity index (χ1) is 11.7. The van der Waals surface area contributed by atoms with Crippen LogP contribution in [0.2, 0.25) is 0 Å². The second kappa shape index (κ2) is 6.36. The SMILES string of the molecule is Cc1ccc2nc(C(C)NC(=O)c3ccc(C(C)(C)C)cc3)[nH]c2c1. The maximum atomic E-state index is 12.5. The molecule has 0 aliphatic heterocycles. The Bertz CT molecular complexity index is 901. The monoisotopic (exact) mass is 335 g/mol. The first kappa shape index (κ1) is 17.2. The van der Waals surface area contributed by atoms with E-state index in [-0.39, 0.29) is 17.4 Å². The number of carbonyl (C=O) groups excluding carboxylic acids is 1. The number of aryl methyl sites for hydroxylation is 1. The first-order valence-electron chi connectivity index (χ1n) is 8.62. The molecule has 3 rings (SSSR count). The van der Waals surface area contributed by atoms with Gasteiger partial charge in [-0.1, -0.05) is 39.0 Å². The van der Waals surface area contributed by atoms with Gasteiger partial charge in [0.15, 0.2) is 0 Å². The van der Waals surface area contributed by atoms with Gasteiger partial charge in [-0.3, -0.25) is 4.79 Å². The summed E-state index contributed by atoms with van der Waals surface area (Å²) >= 11 is 0. The minimum atomic E-state index is -0.192. The molecule has 0 bridgehead atoms. The quantitative estimate of drug-likeness (QED) is 0.731. The molecule has 1 aromatic heterocycles. The zero-order chi connectivity index (χ0) is 18.2. The highest BCUT2D eigenvalue weighted by molar-refractivity contribution is 5.94. The second-order valence-electron chi connectivity index (χ2n) is 7.67. The highest BCUT2D eigenvalue weighted by atomic mass is 16.1. The van der Waals surface area contributed by atoms with Gasteiger partial charge in [-0.25, -0.2) is 4.98 Å². The third kappa shape index (κ3) is 3.73. The molecule has 0 saturated heterocycles. The standard InChI is InChI=1S/C21H25N3O/c1-13-6-11-17-18(12-13)24-19(23-17)14(2)22-20(25)15-7-9-16(10-8-15)21(3,4)5/h6-12,14H,1-5H3,(H,22,25)(H,23,24). The summed E-state index contributed by atoms with van der Waals surface area (Å²) < 4.78 is 0. The summed E-state index contributed by atoms with van der Waals surface area (Å²) in [4.78, 5) is 20.4. The largest absolute Gasteiger partial charge is 0.342 e. The summed E-state index contributed by atoms with van der Waals surface area (Å²) in [5, 5.41) is 3.01. The van der Waals surface area contributed by atoms with Crippen molar-refractivity contribution in [3.05, 3.63) is 65.0 Å². The molecule has 0 spiro atoms. The molecule has 4 heteroatoms. The lowest BCUT2D eigenvalue weighted by Crippen LogP contribution is -2.27. The van der Waals surface area contributed by atoms with E-state index < -0.39 is 0 Å². The van der Waals surface area contributed by atoms with E-state index in [9.17, 15) is 4.79 Å². The van der Waals surface area contributed by atoms with E-state index in [1.54, 1.807) is 0 Å². The van der Waals surface area contributed by atoms with Crippen molar-refractivity contribution in [3.8, 4) is 0 Å². The van der Waals surface area contributed by atoms with Crippen LogP contribution in [-0.2, 0) is 5.41 Å². The number of aromatic nitrogens is 2. The van der Waals surface area contributed by atoms with E-state index in [0.717, 1.165) is 16.9 Å². The van der Waals surface area contributed by atoms with Gasteiger partial charge in [-0.2, -0.15) is 0 Å². The highest BCUT2D eigenvalue weighted by Gasteiger charge is 2.17. The lowest BCUT2D eigenvalue weighted by molar-refractivity contribution is 0.0938. The van der Waals surface area contributed by atoms with Crippen molar-refractivity contribution in [3.63, 3.8) is 0 Å². The van der Waals surface area contributed by atoms with Crippen LogP contribution in [0.5, 0.6) is 0 Å². The van der Waals surface area contributed by atoms with Gasteiger partial charge in [0, 0.05) is 5.56 Å². The molecule has 1 amide bonds. The maximum Gasteiger partial charge on any atom is 0.251 e. The number of nitrogens with one attached hydrogen (secondary N) is 2. The normalized spacial score (nSPS) is 13.0. The van der Waals surface area contributed by atoms with E-state index >= 15 is 0 Å². The van der Waals surface area contributed by atoms with Crippen molar-refractivity contribution in [2.45, 2.75) is 46.1 Å². The lowest BCUT2D eigenvalue weighted by atomic mass is 9.86. The Hall–Kier alpha value is -2.62. The van der Waals surface area contributed by atoms with Crippen molar-refractivity contribution in [2.24, 2.45) is 0 Å². The second-order valence-corrected chi connectivity index (χ2v) is 7.67. The predicted molar refractivity (Wildman–Crippen MR) is 102 cm³/mol. The molecule has 3 aromatic rings. The summed E-state index contributed by atoms with van der Waals surface area (Å²) in [6, 6.07) is 13.7. The summed E-state index contributed by atoms with van der Waals surface area (Å²) in [5.41, 5.74) is 5.03. The average Bonchev–Trinajstić information content (AvgIpc) is 2.97. The number of hydrogen-bond donors (Lipinski definition) is 2. The predicted octanol–water partition coefficient (Wildman–Crippen LogP) is 4.66. The number of hydrogen-bond acceptors (Lipinski definition) is 2. The van der Waals surface area contributed by atoms with Gasteiger partial charge in [0.2, 0.25) is 0 Å². The average molecular weight is 335 g/mol. The van der Waals surface area contributed by atoms with Crippen molar-refractivity contribution in [1.82, 2.24) is 15.3 Å². The lowest BCUT2D eigenvalue weighted by Gasteiger charge is -2.19. The fourth-order valence-electron chi connectivity index (χ4n) is 2.82. The minimum absolute atomic E-state index is 0.0781. The van der Waals surface area contributed by atoms with E-state index in [0.29, 0.717) is 5.56 Å². The van der Waals surface area contributed by atoms with Crippen molar-refractivity contribution in [2.75, 3.05) is 0 Å². The van der Waals surface area contributed by atoms with Gasteiger partial charge in [-0.05, 0) is 54.7 Å². The number of imidazole rings is 1. The molecule has 0 saturated carbocycles. The molecule has 1 atom stereocenters. The molecule has 1 unspecified atom stereocenters. The van der Waals surface area contributed by atoms with Crippen LogP contribution in [-0.4, -0.2) is 15.9 Å². The molecule has 0 aliphatic rings. The molecule has 1 heterocycles. The molecule has 25 heavy (non-hydrogen) atoms. The summed E-state index contributed by atoms with van der Waals surface area (Å²) in [7, 11) is 0. The Labute approximate surface area is 148 Å². The van der Waals surface area contributed by atoms with Crippen LogP contribution in [0, 0.1) is 6.92 Å². The van der Waals surface area contributed by atoms with Crippen LogP contribution in [0.3, 0.4) is 0 Å². The van der Waals surface area contributed by atoms with Crippen molar-refractivity contribution in [1.29, 1.82) is 0 Å². The van der Waals surface area contributed by atoms with E-state index in [1.165, 1.54) is 11.1 Å². The molecular formula is C21H25N3O. The molecule has 0 radical (unpaired) electrons. The Balaban J connectivity index is 1.75. The van der Waals surface area contributed by atoms with Crippen LogP contribution in [0.1, 0.15) is 61.0 Å². The topological polar surface area (TPSA) is 57.8 Å². The maximum absolute atomic E-state index is 12.5. The number of rotatable bonds is 3. The number of H-pyrrole nitrogens is 1. The van der Waals surface area contributed by atoms with Gasteiger partial charge in [0.1, 0.15) is 5.82 Å². The molecule has 4 nitrogen and oxygen atoms in total. The summed E-state index contributed by atoms with van der Waals surface area (Å²) in [5.74, 6) is 0.671. The summed E-state index contributed by atoms with van der Waals surface area (Å²) in [6.07, 6.45) is 0. The van der Waals surface area contributed by atoms with E-state index in [4.69, 9.17) is 0 Å². The Morgan fingerprint density at radius 2 is 1.80 bits per heavy atom. The number of carbonyl (C=O) groups is 1. The molecule has 2 aromatic carbocycles. The van der Waals surface area contributed by atoms with Crippen LogP contribution >= 0.6 is 0 Å². The third-order valence-electron chi connectivity index (χ3n) is 4.43. The number of benzene rings is 2. The zero-order valence-corrected chi connectivity index (χ0v) is 15.5. The molecular weight excluding hydrogens is 310 g/mol. The number of nitrogens with zero attached hydrogens (tertiary/aromatic N) is 1.